The van der Waals surface area contributed by atoms with Gasteiger partial charge in [-0.3, -0.25) is 0 Å². The number of carboxylic acids is 1. The van der Waals surface area contributed by atoms with E-state index in [4.69, 9.17) is 0 Å². The van der Waals surface area contributed by atoms with E-state index in [1.807, 2.05) is 27.7 Å². The van der Waals surface area contributed by atoms with Crippen LogP contribution in [0.25, 0.3) is 0 Å². The molecule has 2 heteroatoms. The van der Waals surface area contributed by atoms with Crippen molar-refractivity contribution in [3.05, 3.63) is 33.4 Å². The van der Waals surface area contributed by atoms with Gasteiger partial charge in [0.1, 0.15) is 0 Å². The third-order valence-electron chi connectivity index (χ3n) is 3.38. The van der Waals surface area contributed by atoms with Crippen LogP contribution in [0, 0.1) is 27.7 Å². The molecule has 0 aliphatic carbocycles. The smallest absolute Gasteiger partial charge is 0.336 e. The summed E-state index contributed by atoms with van der Waals surface area (Å²) in [6.45, 7) is 9.95. The Morgan fingerprint density at radius 2 is 1.47 bits per heavy atom. The molecule has 0 saturated carbocycles. The lowest BCUT2D eigenvalue weighted by Gasteiger charge is -2.17. The number of carbonyl (C=O) groups is 1. The molecule has 0 aliphatic heterocycles. The molecule has 1 aromatic carbocycles. The van der Waals surface area contributed by atoms with Crippen molar-refractivity contribution in [2.45, 2.75) is 41.0 Å². The van der Waals surface area contributed by atoms with E-state index in [0.29, 0.717) is 5.56 Å². The SMILES string of the molecule is CCc1c(C)c(C)c(C)c(C)c1C(=O)O. The molecular weight excluding hydrogens is 188 g/mol. The first-order valence-electron chi connectivity index (χ1n) is 5.24. The largest absolute Gasteiger partial charge is 0.478 e. The molecule has 0 amide bonds. The quantitative estimate of drug-likeness (QED) is 0.807. The number of carboxylic acid groups (broad SMARTS) is 1. The van der Waals surface area contributed by atoms with Crippen LogP contribution in [-0.4, -0.2) is 11.1 Å². The van der Waals surface area contributed by atoms with Gasteiger partial charge >= 0.3 is 5.97 Å². The maximum absolute atomic E-state index is 11.2. The summed E-state index contributed by atoms with van der Waals surface area (Å²) in [5.41, 5.74) is 5.82. The van der Waals surface area contributed by atoms with E-state index in [2.05, 4.69) is 6.92 Å². The number of hydrogen-bond acceptors (Lipinski definition) is 1. The second-order valence-electron chi connectivity index (χ2n) is 4.01. The molecule has 0 fully saturated rings. The maximum atomic E-state index is 11.2. The van der Waals surface area contributed by atoms with Crippen LogP contribution < -0.4 is 0 Å². The molecule has 15 heavy (non-hydrogen) atoms. The molecular formula is C13H18O2. The Morgan fingerprint density at radius 3 is 1.87 bits per heavy atom. The van der Waals surface area contributed by atoms with E-state index >= 15 is 0 Å². The van der Waals surface area contributed by atoms with Crippen molar-refractivity contribution in [3.63, 3.8) is 0 Å². The van der Waals surface area contributed by atoms with Crippen molar-refractivity contribution < 1.29 is 9.90 Å². The minimum absolute atomic E-state index is 0.498. The Labute approximate surface area is 90.9 Å². The fourth-order valence-electron chi connectivity index (χ4n) is 2.12. The van der Waals surface area contributed by atoms with Gasteiger partial charge in [0.05, 0.1) is 5.56 Å². The summed E-state index contributed by atoms with van der Waals surface area (Å²) >= 11 is 0. The summed E-state index contributed by atoms with van der Waals surface area (Å²) in [6.07, 6.45) is 0.773. The van der Waals surface area contributed by atoms with E-state index in [1.54, 1.807) is 0 Å². The van der Waals surface area contributed by atoms with E-state index < -0.39 is 5.97 Å². The van der Waals surface area contributed by atoms with Gasteiger partial charge in [0.15, 0.2) is 0 Å². The predicted molar refractivity (Wildman–Crippen MR) is 61.7 cm³/mol. The first-order chi connectivity index (χ1) is 6.91. The monoisotopic (exact) mass is 206 g/mol. The zero-order valence-electron chi connectivity index (χ0n) is 10.1. The van der Waals surface area contributed by atoms with Crippen molar-refractivity contribution >= 4 is 5.97 Å². The molecule has 0 heterocycles. The van der Waals surface area contributed by atoms with Crippen LogP contribution in [0.3, 0.4) is 0 Å². The highest BCUT2D eigenvalue weighted by molar-refractivity contribution is 5.92. The van der Waals surface area contributed by atoms with Crippen LogP contribution in [0.15, 0.2) is 0 Å². The molecule has 0 bridgehead atoms. The minimum atomic E-state index is -0.810. The van der Waals surface area contributed by atoms with Gasteiger partial charge < -0.3 is 5.11 Å². The molecule has 0 spiro atoms. The Morgan fingerprint density at radius 1 is 1.00 bits per heavy atom. The third-order valence-corrected chi connectivity index (χ3v) is 3.38. The average Bonchev–Trinajstić information content (AvgIpc) is 2.19. The summed E-state index contributed by atoms with van der Waals surface area (Å²) in [4.78, 5) is 11.2. The Kier molecular flexibility index (Phi) is 3.18. The number of rotatable bonds is 2. The van der Waals surface area contributed by atoms with Crippen LogP contribution in [-0.2, 0) is 6.42 Å². The fourth-order valence-corrected chi connectivity index (χ4v) is 2.12. The lowest BCUT2D eigenvalue weighted by molar-refractivity contribution is 0.0694. The molecule has 0 saturated heterocycles. The standard InChI is InChI=1S/C13H18O2/c1-6-11-9(4)7(2)8(3)10(5)12(11)13(14)15/h6H2,1-5H3,(H,14,15). The lowest BCUT2D eigenvalue weighted by Crippen LogP contribution is -2.10. The second kappa shape index (κ2) is 4.05. The van der Waals surface area contributed by atoms with Gasteiger partial charge in [-0.2, -0.15) is 0 Å². The molecule has 1 aromatic rings. The average molecular weight is 206 g/mol. The van der Waals surface area contributed by atoms with Crippen LogP contribution in [0.1, 0.15) is 45.1 Å². The first kappa shape index (κ1) is 11.8. The summed E-state index contributed by atoms with van der Waals surface area (Å²) in [5.74, 6) is -0.810. The first-order valence-corrected chi connectivity index (χ1v) is 5.24. The Hall–Kier alpha value is -1.31. The van der Waals surface area contributed by atoms with Crippen LogP contribution >= 0.6 is 0 Å². The van der Waals surface area contributed by atoms with E-state index in [0.717, 1.165) is 28.7 Å². The highest BCUT2D eigenvalue weighted by atomic mass is 16.4. The maximum Gasteiger partial charge on any atom is 0.336 e. The van der Waals surface area contributed by atoms with Gasteiger partial charge in [-0.15, -0.1) is 0 Å². The molecule has 0 aliphatic rings. The molecule has 1 N–H and O–H groups in total. The van der Waals surface area contributed by atoms with Crippen molar-refractivity contribution in [1.82, 2.24) is 0 Å². The number of benzene rings is 1. The summed E-state index contributed by atoms with van der Waals surface area (Å²) < 4.78 is 0. The van der Waals surface area contributed by atoms with Gasteiger partial charge in [0.25, 0.3) is 0 Å². The minimum Gasteiger partial charge on any atom is -0.478 e. The topological polar surface area (TPSA) is 37.3 Å². The van der Waals surface area contributed by atoms with Gasteiger partial charge in [0, 0.05) is 0 Å². The van der Waals surface area contributed by atoms with E-state index in [-0.39, 0.29) is 0 Å². The highest BCUT2D eigenvalue weighted by Gasteiger charge is 2.18. The van der Waals surface area contributed by atoms with E-state index in [1.165, 1.54) is 5.56 Å². The molecule has 2 nitrogen and oxygen atoms in total. The third kappa shape index (κ3) is 1.76. The number of hydrogen-bond donors (Lipinski definition) is 1. The Balaban J connectivity index is 3.70. The normalized spacial score (nSPS) is 10.5. The van der Waals surface area contributed by atoms with Crippen molar-refractivity contribution in [3.8, 4) is 0 Å². The van der Waals surface area contributed by atoms with Crippen molar-refractivity contribution in [1.29, 1.82) is 0 Å². The van der Waals surface area contributed by atoms with Gasteiger partial charge in [-0.05, 0) is 61.9 Å². The molecule has 0 aromatic heterocycles. The van der Waals surface area contributed by atoms with Crippen LogP contribution in [0.4, 0.5) is 0 Å². The number of aromatic carboxylic acids is 1. The molecule has 82 valence electrons. The van der Waals surface area contributed by atoms with Gasteiger partial charge in [-0.25, -0.2) is 4.79 Å². The zero-order chi connectivity index (χ0) is 11.7. The van der Waals surface area contributed by atoms with Gasteiger partial charge in [-0.1, -0.05) is 6.92 Å². The molecule has 0 unspecified atom stereocenters. The fraction of sp³-hybridized carbons (Fsp3) is 0.462. The van der Waals surface area contributed by atoms with Crippen molar-refractivity contribution in [2.75, 3.05) is 0 Å². The highest BCUT2D eigenvalue weighted by Crippen LogP contribution is 2.26. The van der Waals surface area contributed by atoms with Gasteiger partial charge in [0.2, 0.25) is 0 Å². The zero-order valence-corrected chi connectivity index (χ0v) is 10.1. The second-order valence-corrected chi connectivity index (χ2v) is 4.01. The molecule has 0 atom stereocenters. The molecule has 1 rings (SSSR count). The van der Waals surface area contributed by atoms with Crippen molar-refractivity contribution in [2.24, 2.45) is 0 Å². The predicted octanol–water partition coefficient (Wildman–Crippen LogP) is 3.18. The van der Waals surface area contributed by atoms with Crippen LogP contribution in [0.5, 0.6) is 0 Å². The Bertz CT molecular complexity index is 417. The van der Waals surface area contributed by atoms with Crippen LogP contribution in [0.2, 0.25) is 0 Å². The molecule has 0 radical (unpaired) electrons. The summed E-state index contributed by atoms with van der Waals surface area (Å²) in [5, 5.41) is 9.22. The summed E-state index contributed by atoms with van der Waals surface area (Å²) in [6, 6.07) is 0. The lowest BCUT2D eigenvalue weighted by atomic mass is 9.88. The summed E-state index contributed by atoms with van der Waals surface area (Å²) in [7, 11) is 0. The van der Waals surface area contributed by atoms with E-state index in [9.17, 15) is 9.90 Å².